The van der Waals surface area contributed by atoms with E-state index in [9.17, 15) is 9.59 Å². The number of nitrogens with zero attached hydrogens (tertiary/aromatic N) is 2. The van der Waals surface area contributed by atoms with Gasteiger partial charge < -0.3 is 10.1 Å². The first-order valence-corrected chi connectivity index (χ1v) is 9.03. The number of carbonyl (C=O) groups is 1. The summed E-state index contributed by atoms with van der Waals surface area (Å²) in [6.07, 6.45) is 0.666. The molecule has 1 unspecified atom stereocenters. The van der Waals surface area contributed by atoms with Gasteiger partial charge in [0.1, 0.15) is 5.75 Å². The number of aryl methyl sites for hydroxylation is 1. The lowest BCUT2D eigenvalue weighted by atomic mass is 10.00. The van der Waals surface area contributed by atoms with Crippen LogP contribution in [0.2, 0.25) is 0 Å². The number of amides is 1. The van der Waals surface area contributed by atoms with Crippen LogP contribution in [0, 0.1) is 0 Å². The molecule has 2 heterocycles. The zero-order valence-corrected chi connectivity index (χ0v) is 15.6. The first-order valence-electron chi connectivity index (χ1n) is 8.24. The highest BCUT2D eigenvalue weighted by Gasteiger charge is 2.25. The van der Waals surface area contributed by atoms with E-state index >= 15 is 0 Å². The van der Waals surface area contributed by atoms with Crippen LogP contribution in [0.3, 0.4) is 0 Å². The second kappa shape index (κ2) is 6.57. The molecule has 132 valence electrons. The Hall–Kier alpha value is -2.67. The smallest absolute Gasteiger partial charge is 0.274 e. The van der Waals surface area contributed by atoms with Gasteiger partial charge in [0.2, 0.25) is 0 Å². The largest absolute Gasteiger partial charge is 0.493 e. The van der Waals surface area contributed by atoms with Crippen molar-refractivity contribution in [1.29, 1.82) is 0 Å². The van der Waals surface area contributed by atoms with Gasteiger partial charge in [-0.1, -0.05) is 34.1 Å². The summed E-state index contributed by atoms with van der Waals surface area (Å²) in [6.45, 7) is 0.529. The number of halogens is 1. The van der Waals surface area contributed by atoms with Crippen LogP contribution in [0.5, 0.6) is 5.75 Å². The first-order chi connectivity index (χ1) is 12.5. The fourth-order valence-corrected chi connectivity index (χ4v) is 3.59. The minimum atomic E-state index is -0.311. The van der Waals surface area contributed by atoms with Crippen molar-refractivity contribution in [1.82, 2.24) is 15.1 Å². The Morgan fingerprint density at radius 1 is 1.27 bits per heavy atom. The zero-order valence-electron chi connectivity index (χ0n) is 14.0. The quantitative estimate of drug-likeness (QED) is 0.700. The highest BCUT2D eigenvalue weighted by molar-refractivity contribution is 9.10. The van der Waals surface area contributed by atoms with E-state index in [1.54, 1.807) is 31.3 Å². The number of aromatic nitrogens is 2. The lowest BCUT2D eigenvalue weighted by Gasteiger charge is -2.27. The van der Waals surface area contributed by atoms with Crippen LogP contribution in [0.15, 0.2) is 51.7 Å². The van der Waals surface area contributed by atoms with Crippen molar-refractivity contribution in [3.63, 3.8) is 0 Å². The van der Waals surface area contributed by atoms with Crippen molar-refractivity contribution < 1.29 is 9.53 Å². The minimum Gasteiger partial charge on any atom is -0.493 e. The maximum atomic E-state index is 12.9. The molecule has 1 aliphatic rings. The average Bonchev–Trinajstić information content (AvgIpc) is 2.65. The molecule has 0 bridgehead atoms. The second-order valence-corrected chi connectivity index (χ2v) is 7.08. The van der Waals surface area contributed by atoms with Crippen molar-refractivity contribution in [3.8, 4) is 5.75 Å². The van der Waals surface area contributed by atoms with Crippen molar-refractivity contribution in [2.75, 3.05) is 6.61 Å². The van der Waals surface area contributed by atoms with Crippen LogP contribution in [-0.4, -0.2) is 22.3 Å². The zero-order chi connectivity index (χ0) is 18.3. The van der Waals surface area contributed by atoms with Gasteiger partial charge >= 0.3 is 0 Å². The lowest BCUT2D eigenvalue weighted by Crippen LogP contribution is -2.34. The van der Waals surface area contributed by atoms with E-state index < -0.39 is 0 Å². The Labute approximate surface area is 157 Å². The third kappa shape index (κ3) is 2.88. The average molecular weight is 414 g/mol. The van der Waals surface area contributed by atoms with Gasteiger partial charge in [-0.25, -0.2) is 4.68 Å². The number of benzene rings is 2. The number of nitrogens with one attached hydrogen (secondary N) is 1. The van der Waals surface area contributed by atoms with Crippen molar-refractivity contribution in [3.05, 3.63) is 68.5 Å². The Kier molecular flexibility index (Phi) is 4.24. The van der Waals surface area contributed by atoms with Gasteiger partial charge in [0.25, 0.3) is 11.5 Å². The molecule has 7 heteroatoms. The molecule has 0 saturated carbocycles. The first kappa shape index (κ1) is 16.8. The molecule has 6 nitrogen and oxygen atoms in total. The van der Waals surface area contributed by atoms with Gasteiger partial charge in [0.15, 0.2) is 5.69 Å². The summed E-state index contributed by atoms with van der Waals surface area (Å²) in [4.78, 5) is 25.2. The summed E-state index contributed by atoms with van der Waals surface area (Å²) in [5.41, 5.74) is 0.941. The molecule has 1 N–H and O–H groups in total. The lowest BCUT2D eigenvalue weighted by molar-refractivity contribution is 0.0919. The second-order valence-electron chi connectivity index (χ2n) is 6.17. The number of hydrogen-bond donors (Lipinski definition) is 1. The van der Waals surface area contributed by atoms with E-state index in [1.807, 2.05) is 18.2 Å². The molecule has 0 saturated heterocycles. The number of carbonyl (C=O) groups excluding carboxylic acids is 1. The Morgan fingerprint density at radius 3 is 2.85 bits per heavy atom. The van der Waals surface area contributed by atoms with Crippen LogP contribution >= 0.6 is 15.9 Å². The molecule has 0 radical (unpaired) electrons. The number of fused-ring (bicyclic) bond motifs is 2. The van der Waals surface area contributed by atoms with Gasteiger partial charge in [-0.05, 0) is 24.3 Å². The molecule has 1 amide bonds. The summed E-state index contributed by atoms with van der Waals surface area (Å²) >= 11 is 3.46. The van der Waals surface area contributed by atoms with E-state index in [-0.39, 0.29) is 23.2 Å². The summed E-state index contributed by atoms with van der Waals surface area (Å²) < 4.78 is 7.79. The number of hydrogen-bond acceptors (Lipinski definition) is 4. The molecular formula is C19H16BrN3O3. The molecule has 3 aromatic rings. The third-order valence-electron chi connectivity index (χ3n) is 4.49. The number of ether oxygens (including phenoxy) is 1. The molecule has 1 aliphatic heterocycles. The maximum absolute atomic E-state index is 12.9. The van der Waals surface area contributed by atoms with Gasteiger partial charge in [0, 0.05) is 28.9 Å². The predicted octanol–water partition coefficient (Wildman–Crippen LogP) is 2.95. The third-order valence-corrected chi connectivity index (χ3v) is 4.98. The predicted molar refractivity (Wildman–Crippen MR) is 101 cm³/mol. The highest BCUT2D eigenvalue weighted by Crippen LogP contribution is 2.34. The van der Waals surface area contributed by atoms with Gasteiger partial charge in [-0.2, -0.15) is 5.10 Å². The van der Waals surface area contributed by atoms with Crippen LogP contribution in [0.1, 0.15) is 28.5 Å². The Balaban J connectivity index is 1.73. The normalized spacial score (nSPS) is 16.0. The summed E-state index contributed by atoms with van der Waals surface area (Å²) in [7, 11) is 1.55. The molecule has 0 aliphatic carbocycles. The molecule has 1 aromatic heterocycles. The molecule has 0 fully saturated rings. The molecule has 2 aromatic carbocycles. The molecule has 26 heavy (non-hydrogen) atoms. The van der Waals surface area contributed by atoms with Crippen molar-refractivity contribution in [2.45, 2.75) is 12.5 Å². The Bertz CT molecular complexity index is 1080. The number of rotatable bonds is 2. The fraction of sp³-hybridized carbons (Fsp3) is 0.211. The van der Waals surface area contributed by atoms with E-state index in [4.69, 9.17) is 4.74 Å². The van der Waals surface area contributed by atoms with Crippen molar-refractivity contribution >= 4 is 32.6 Å². The molecule has 0 spiro atoms. The van der Waals surface area contributed by atoms with E-state index in [0.29, 0.717) is 23.8 Å². The molecule has 4 rings (SSSR count). The monoisotopic (exact) mass is 413 g/mol. The summed E-state index contributed by atoms with van der Waals surface area (Å²) in [6, 6.07) is 12.6. The molecule has 1 atom stereocenters. The van der Waals surface area contributed by atoms with Crippen LogP contribution in [0.4, 0.5) is 0 Å². The maximum Gasteiger partial charge on any atom is 0.274 e. The van der Waals surface area contributed by atoms with Crippen LogP contribution < -0.4 is 15.6 Å². The minimum absolute atomic E-state index is 0.179. The van der Waals surface area contributed by atoms with Gasteiger partial charge in [0.05, 0.1) is 18.0 Å². The van der Waals surface area contributed by atoms with Gasteiger partial charge in [-0.15, -0.1) is 0 Å². The summed E-state index contributed by atoms with van der Waals surface area (Å²) in [5, 5.41) is 8.26. The topological polar surface area (TPSA) is 73.2 Å². The fourth-order valence-electron chi connectivity index (χ4n) is 3.21. The SMILES string of the molecule is Cn1nc(C(=O)NC2CCOc3ccc(Br)cc32)c2ccccc2c1=O. The van der Waals surface area contributed by atoms with Crippen LogP contribution in [-0.2, 0) is 7.05 Å². The molecular weight excluding hydrogens is 398 g/mol. The highest BCUT2D eigenvalue weighted by atomic mass is 79.9. The summed E-state index contributed by atoms with van der Waals surface area (Å²) in [5.74, 6) is 0.456. The van der Waals surface area contributed by atoms with Crippen LogP contribution in [0.25, 0.3) is 10.8 Å². The van der Waals surface area contributed by atoms with E-state index in [0.717, 1.165) is 15.8 Å². The van der Waals surface area contributed by atoms with E-state index in [1.165, 1.54) is 4.68 Å². The van der Waals surface area contributed by atoms with E-state index in [2.05, 4.69) is 26.3 Å². The van der Waals surface area contributed by atoms with Gasteiger partial charge in [-0.3, -0.25) is 9.59 Å². The van der Waals surface area contributed by atoms with Crippen molar-refractivity contribution in [2.24, 2.45) is 7.05 Å². The standard InChI is InChI=1S/C19H16BrN3O3/c1-23-19(25)13-5-3-2-4-12(13)17(22-23)18(24)21-15-8-9-26-16-7-6-11(20)10-14(15)16/h2-7,10,15H,8-9H2,1H3,(H,21,24). The Morgan fingerprint density at radius 2 is 2.04 bits per heavy atom.